The van der Waals surface area contributed by atoms with Gasteiger partial charge in [-0.15, -0.1) is 11.3 Å². The molecule has 25 heavy (non-hydrogen) atoms. The summed E-state index contributed by atoms with van der Waals surface area (Å²) < 4.78 is 10.7. The minimum atomic E-state index is 0.179. The molecule has 0 bridgehead atoms. The lowest BCUT2D eigenvalue weighted by Crippen LogP contribution is -2.36. The third-order valence-corrected chi connectivity index (χ3v) is 5.36. The lowest BCUT2D eigenvalue weighted by Gasteiger charge is -2.21. The van der Waals surface area contributed by atoms with Crippen LogP contribution in [-0.2, 0) is 17.8 Å². The zero-order valence-electron chi connectivity index (χ0n) is 14.0. The van der Waals surface area contributed by atoms with Gasteiger partial charge in [-0.05, 0) is 24.1 Å². The van der Waals surface area contributed by atoms with Crippen LogP contribution in [-0.4, -0.2) is 53.7 Å². The first kappa shape index (κ1) is 16.4. The highest BCUT2D eigenvalue weighted by atomic mass is 32.1. The van der Waals surface area contributed by atoms with Gasteiger partial charge in [0, 0.05) is 43.8 Å². The van der Waals surface area contributed by atoms with Crippen molar-refractivity contribution in [1.29, 1.82) is 0 Å². The van der Waals surface area contributed by atoms with Crippen molar-refractivity contribution in [3.63, 3.8) is 0 Å². The molecule has 2 aliphatic rings. The Bertz CT molecular complexity index is 735. The number of amides is 1. The fourth-order valence-electron chi connectivity index (χ4n) is 3.26. The van der Waals surface area contributed by atoms with Crippen LogP contribution in [0, 0.1) is 0 Å². The summed E-state index contributed by atoms with van der Waals surface area (Å²) in [7, 11) is 0. The quantitative estimate of drug-likeness (QED) is 0.837. The van der Waals surface area contributed by atoms with Crippen LogP contribution in [0.2, 0.25) is 0 Å². The van der Waals surface area contributed by atoms with Crippen LogP contribution in [0.25, 0.3) is 0 Å². The Labute approximate surface area is 151 Å². The molecule has 2 aromatic rings. The molecule has 0 unspecified atom stereocenters. The molecule has 0 aliphatic carbocycles. The van der Waals surface area contributed by atoms with Crippen molar-refractivity contribution in [3.8, 4) is 11.5 Å². The van der Waals surface area contributed by atoms with Crippen molar-refractivity contribution in [2.24, 2.45) is 0 Å². The van der Waals surface area contributed by atoms with Gasteiger partial charge in [-0.25, -0.2) is 0 Å². The zero-order chi connectivity index (χ0) is 17.1. The number of hydrogen-bond donors (Lipinski definition) is 0. The van der Waals surface area contributed by atoms with Crippen LogP contribution in [0.1, 0.15) is 16.9 Å². The maximum absolute atomic E-state index is 12.7. The Kier molecular flexibility index (Phi) is 4.85. The molecule has 1 amide bonds. The van der Waals surface area contributed by atoms with E-state index < -0.39 is 0 Å². The minimum absolute atomic E-state index is 0.179. The number of hydrogen-bond acceptors (Lipinski definition) is 6. The summed E-state index contributed by atoms with van der Waals surface area (Å²) in [6.07, 6.45) is 3.34. The molecule has 132 valence electrons. The number of benzene rings is 1. The normalized spacial score (nSPS) is 17.5. The molecule has 7 heteroatoms. The molecular formula is C18H21N3O3S. The second-order valence-electron chi connectivity index (χ2n) is 6.34. The van der Waals surface area contributed by atoms with Crippen molar-refractivity contribution in [1.82, 2.24) is 14.8 Å². The summed E-state index contributed by atoms with van der Waals surface area (Å²) in [5.74, 6) is 1.67. The van der Waals surface area contributed by atoms with E-state index >= 15 is 0 Å². The number of aromatic nitrogens is 1. The molecule has 1 aromatic heterocycles. The first-order valence-corrected chi connectivity index (χ1v) is 9.42. The molecule has 2 aliphatic heterocycles. The number of ether oxygens (including phenoxy) is 2. The van der Waals surface area contributed by atoms with Gasteiger partial charge in [0.05, 0.1) is 11.9 Å². The first-order chi connectivity index (χ1) is 12.3. The van der Waals surface area contributed by atoms with Gasteiger partial charge in [-0.1, -0.05) is 6.07 Å². The molecule has 4 rings (SSSR count). The number of fused-ring (bicyclic) bond motifs is 1. The number of thiazole rings is 1. The summed E-state index contributed by atoms with van der Waals surface area (Å²) in [5, 5.41) is 0. The van der Waals surface area contributed by atoms with Gasteiger partial charge in [0.25, 0.3) is 0 Å². The maximum atomic E-state index is 12.7. The molecule has 0 radical (unpaired) electrons. The van der Waals surface area contributed by atoms with Gasteiger partial charge in [0.2, 0.25) is 12.7 Å². The zero-order valence-corrected chi connectivity index (χ0v) is 14.8. The van der Waals surface area contributed by atoms with Crippen LogP contribution in [0.4, 0.5) is 0 Å². The predicted octanol–water partition coefficient (Wildman–Crippen LogP) is 2.15. The van der Waals surface area contributed by atoms with E-state index in [1.165, 1.54) is 4.88 Å². The van der Waals surface area contributed by atoms with Gasteiger partial charge in [-0.3, -0.25) is 14.7 Å². The van der Waals surface area contributed by atoms with Gasteiger partial charge in [0.15, 0.2) is 11.5 Å². The minimum Gasteiger partial charge on any atom is -0.454 e. The Hall–Kier alpha value is -2.12. The van der Waals surface area contributed by atoms with Crippen LogP contribution >= 0.6 is 11.3 Å². The highest BCUT2D eigenvalue weighted by Gasteiger charge is 2.21. The second-order valence-corrected chi connectivity index (χ2v) is 7.31. The first-order valence-electron chi connectivity index (χ1n) is 8.54. The topological polar surface area (TPSA) is 54.9 Å². The number of carbonyl (C=O) groups excluding carboxylic acids is 1. The summed E-state index contributed by atoms with van der Waals surface area (Å²) in [4.78, 5) is 22.5. The Morgan fingerprint density at radius 1 is 1.16 bits per heavy atom. The van der Waals surface area contributed by atoms with Crippen molar-refractivity contribution >= 4 is 17.2 Å². The SMILES string of the molecule is O=C(Cc1ccc2c(c1)OCO2)N1CCCN(Cc2cncs2)CC1. The predicted molar refractivity (Wildman–Crippen MR) is 94.9 cm³/mol. The standard InChI is InChI=1S/C18H21N3O3S/c22-18(9-14-2-3-16-17(8-14)24-13-23-16)21-5-1-4-20(6-7-21)11-15-10-19-12-25-15/h2-3,8,10,12H,1,4-7,9,11,13H2. The monoisotopic (exact) mass is 359 g/mol. The maximum Gasteiger partial charge on any atom is 0.231 e. The Morgan fingerprint density at radius 3 is 2.96 bits per heavy atom. The van der Waals surface area contributed by atoms with Crippen molar-refractivity contribution in [2.45, 2.75) is 19.4 Å². The van der Waals surface area contributed by atoms with Crippen LogP contribution < -0.4 is 9.47 Å². The fourth-order valence-corrected chi connectivity index (χ4v) is 3.89. The molecular weight excluding hydrogens is 338 g/mol. The molecule has 0 saturated carbocycles. The lowest BCUT2D eigenvalue weighted by molar-refractivity contribution is -0.130. The summed E-state index contributed by atoms with van der Waals surface area (Å²) in [6, 6.07) is 5.73. The number of nitrogens with zero attached hydrogens (tertiary/aromatic N) is 3. The number of rotatable bonds is 4. The molecule has 6 nitrogen and oxygen atoms in total. The average Bonchev–Trinajstić information content (AvgIpc) is 3.23. The second kappa shape index (κ2) is 7.41. The van der Waals surface area contributed by atoms with Gasteiger partial charge in [-0.2, -0.15) is 0 Å². The van der Waals surface area contributed by atoms with Crippen molar-refractivity contribution in [2.75, 3.05) is 33.0 Å². The smallest absolute Gasteiger partial charge is 0.231 e. The third kappa shape index (κ3) is 3.93. The summed E-state index contributed by atoms with van der Waals surface area (Å²) >= 11 is 1.69. The van der Waals surface area contributed by atoms with E-state index in [0.717, 1.165) is 56.2 Å². The third-order valence-electron chi connectivity index (χ3n) is 4.60. The average molecular weight is 359 g/mol. The molecule has 1 saturated heterocycles. The van der Waals surface area contributed by atoms with Gasteiger partial charge >= 0.3 is 0 Å². The largest absolute Gasteiger partial charge is 0.454 e. The van der Waals surface area contributed by atoms with E-state index in [-0.39, 0.29) is 12.7 Å². The Morgan fingerprint density at radius 2 is 2.08 bits per heavy atom. The van der Waals surface area contributed by atoms with E-state index in [1.54, 1.807) is 11.3 Å². The molecule has 0 atom stereocenters. The molecule has 1 fully saturated rings. The molecule has 1 aromatic carbocycles. The van der Waals surface area contributed by atoms with Gasteiger partial charge < -0.3 is 14.4 Å². The highest BCUT2D eigenvalue weighted by Crippen LogP contribution is 2.32. The molecule has 0 N–H and O–H groups in total. The number of carbonyl (C=O) groups is 1. The van der Waals surface area contributed by atoms with Crippen molar-refractivity contribution < 1.29 is 14.3 Å². The highest BCUT2D eigenvalue weighted by molar-refractivity contribution is 7.09. The summed E-state index contributed by atoms with van der Waals surface area (Å²) in [5.41, 5.74) is 2.84. The Balaban J connectivity index is 1.33. The van der Waals surface area contributed by atoms with Gasteiger partial charge in [0.1, 0.15) is 0 Å². The van der Waals surface area contributed by atoms with E-state index in [1.807, 2.05) is 34.8 Å². The summed E-state index contributed by atoms with van der Waals surface area (Å²) in [6.45, 7) is 4.71. The lowest BCUT2D eigenvalue weighted by atomic mass is 10.1. The molecule has 3 heterocycles. The van der Waals surface area contributed by atoms with E-state index in [0.29, 0.717) is 6.42 Å². The van der Waals surface area contributed by atoms with Crippen LogP contribution in [0.15, 0.2) is 29.9 Å². The van der Waals surface area contributed by atoms with E-state index in [9.17, 15) is 4.79 Å². The fraction of sp³-hybridized carbons (Fsp3) is 0.444. The van der Waals surface area contributed by atoms with Crippen LogP contribution in [0.3, 0.4) is 0 Å². The van der Waals surface area contributed by atoms with Crippen molar-refractivity contribution in [3.05, 3.63) is 40.3 Å². The van der Waals surface area contributed by atoms with Crippen LogP contribution in [0.5, 0.6) is 11.5 Å². The van der Waals surface area contributed by atoms with E-state index in [4.69, 9.17) is 9.47 Å². The van der Waals surface area contributed by atoms with E-state index in [2.05, 4.69) is 9.88 Å². The molecule has 0 spiro atoms.